The number of alkyl halides is 5. The van der Waals surface area contributed by atoms with Gasteiger partial charge in [-0.25, -0.2) is 13.2 Å². The van der Waals surface area contributed by atoms with Crippen molar-refractivity contribution in [2.75, 3.05) is 17.2 Å². The van der Waals surface area contributed by atoms with Crippen LogP contribution in [-0.2, 0) is 0 Å². The Morgan fingerprint density at radius 1 is 1.17 bits per heavy atom. The minimum Gasteiger partial charge on any atom is -0.386 e. The molecule has 168 valence electrons. The smallest absolute Gasteiger partial charge is 0.386 e. The van der Waals surface area contributed by atoms with Gasteiger partial charge in [0.1, 0.15) is 18.0 Å². The Bertz CT molecular complexity index is 792. The number of hydrogen-bond acceptors (Lipinski definition) is 6. The number of aliphatic hydroxyl groups excluding tert-OH is 1. The molecule has 1 saturated carbocycles. The quantitative estimate of drug-likeness (QED) is 0.550. The van der Waals surface area contributed by atoms with Crippen molar-refractivity contribution in [1.82, 2.24) is 15.0 Å². The third-order valence-corrected chi connectivity index (χ3v) is 5.22. The van der Waals surface area contributed by atoms with Crippen molar-refractivity contribution in [3.05, 3.63) is 11.7 Å². The summed E-state index contributed by atoms with van der Waals surface area (Å²) in [6.07, 6.45) is -5.90. The fraction of sp³-hybridized carbons (Fsp3) is 0.722. The molecule has 2 aliphatic carbocycles. The van der Waals surface area contributed by atoms with Gasteiger partial charge in [-0.2, -0.15) is 28.1 Å². The van der Waals surface area contributed by atoms with Crippen LogP contribution >= 0.6 is 0 Å². The molecule has 2 aliphatic rings. The van der Waals surface area contributed by atoms with Gasteiger partial charge in [0, 0.05) is 25.0 Å². The van der Waals surface area contributed by atoms with E-state index in [0.29, 0.717) is 6.42 Å². The Hall–Kier alpha value is -2.11. The zero-order valence-electron chi connectivity index (χ0n) is 16.2. The maximum absolute atomic E-state index is 14.4. The fourth-order valence-electron chi connectivity index (χ4n) is 3.53. The van der Waals surface area contributed by atoms with E-state index in [1.807, 2.05) is 0 Å². The van der Waals surface area contributed by atoms with Crippen molar-refractivity contribution in [2.45, 2.75) is 69.7 Å². The summed E-state index contributed by atoms with van der Waals surface area (Å²) in [4.78, 5) is 11.9. The molecule has 3 N–H and O–H groups in total. The molecule has 3 rings (SSSR count). The van der Waals surface area contributed by atoms with Crippen LogP contribution in [0.15, 0.2) is 5.83 Å². The van der Waals surface area contributed by atoms with Gasteiger partial charge in [0.05, 0.1) is 0 Å². The Balaban J connectivity index is 1.86. The van der Waals surface area contributed by atoms with Crippen LogP contribution in [-0.4, -0.2) is 50.8 Å². The summed E-state index contributed by atoms with van der Waals surface area (Å²) in [6, 6.07) is -1.93. The number of nitrogens with one attached hydrogen (secondary N) is 2. The molecule has 1 fully saturated rings. The highest BCUT2D eigenvalue weighted by Gasteiger charge is 2.45. The van der Waals surface area contributed by atoms with E-state index in [0.717, 1.165) is 0 Å². The van der Waals surface area contributed by atoms with Gasteiger partial charge >= 0.3 is 6.18 Å². The number of allylic oxidation sites excluding steroid dienone is 1. The summed E-state index contributed by atoms with van der Waals surface area (Å²) in [5, 5.41) is 14.7. The molecule has 6 nitrogen and oxygen atoms in total. The predicted molar refractivity (Wildman–Crippen MR) is 97.6 cm³/mol. The van der Waals surface area contributed by atoms with Crippen molar-refractivity contribution in [2.24, 2.45) is 5.92 Å². The minimum atomic E-state index is -4.56. The molecule has 0 radical (unpaired) electrons. The molecule has 1 unspecified atom stereocenters. The number of hydrogen-bond donors (Lipinski definition) is 3. The summed E-state index contributed by atoms with van der Waals surface area (Å²) in [7, 11) is 0. The Kier molecular flexibility index (Phi) is 6.44. The SMILES string of the molecule is CC[C@@H](Nc1nc(NCC2CC(F)(F)C2)nc(C2=C(F)C(O)CCC2)n1)C(F)(F)F. The van der Waals surface area contributed by atoms with Gasteiger partial charge < -0.3 is 15.7 Å². The highest BCUT2D eigenvalue weighted by Crippen LogP contribution is 2.42. The van der Waals surface area contributed by atoms with Crippen molar-refractivity contribution in [3.63, 3.8) is 0 Å². The fourth-order valence-corrected chi connectivity index (χ4v) is 3.53. The molecule has 30 heavy (non-hydrogen) atoms. The van der Waals surface area contributed by atoms with Gasteiger partial charge in [-0.1, -0.05) is 6.92 Å². The molecule has 1 aromatic rings. The number of rotatable bonds is 7. The largest absolute Gasteiger partial charge is 0.408 e. The molecule has 0 aromatic carbocycles. The summed E-state index contributed by atoms with van der Waals surface area (Å²) >= 11 is 0. The molecule has 0 aliphatic heterocycles. The van der Waals surface area contributed by atoms with Crippen molar-refractivity contribution in [3.8, 4) is 0 Å². The van der Waals surface area contributed by atoms with Crippen LogP contribution in [0.5, 0.6) is 0 Å². The molecule has 2 atom stereocenters. The van der Waals surface area contributed by atoms with Crippen LogP contribution in [0, 0.1) is 5.92 Å². The molecule has 0 bridgehead atoms. The number of nitrogens with zero attached hydrogens (tertiary/aromatic N) is 3. The second-order valence-corrected chi connectivity index (χ2v) is 7.70. The number of aliphatic hydroxyl groups is 1. The standard InChI is InChI=1S/C18H23F6N5O/c1-2-12(18(22,23)24)26-16-28-14(10-4-3-5-11(30)13(10)19)27-15(29-16)25-8-9-6-17(20,21)7-9/h9,11-12,30H,2-8H2,1H3,(H2,25,26,27,28,29)/t11?,12-/m1/s1. The zero-order chi connectivity index (χ0) is 22.1. The number of anilines is 2. The number of halogens is 6. The first-order valence-electron chi connectivity index (χ1n) is 9.76. The average molecular weight is 439 g/mol. The lowest BCUT2D eigenvalue weighted by Crippen LogP contribution is -2.39. The van der Waals surface area contributed by atoms with E-state index in [1.165, 1.54) is 6.92 Å². The lowest BCUT2D eigenvalue weighted by atomic mass is 9.81. The van der Waals surface area contributed by atoms with Crippen LogP contribution in [0.3, 0.4) is 0 Å². The Morgan fingerprint density at radius 2 is 1.83 bits per heavy atom. The highest BCUT2D eigenvalue weighted by molar-refractivity contribution is 5.65. The first-order valence-corrected chi connectivity index (χ1v) is 9.76. The lowest BCUT2D eigenvalue weighted by molar-refractivity contribution is -0.143. The van der Waals surface area contributed by atoms with E-state index in [2.05, 4.69) is 25.6 Å². The van der Waals surface area contributed by atoms with E-state index in [9.17, 15) is 31.4 Å². The monoisotopic (exact) mass is 439 g/mol. The van der Waals surface area contributed by atoms with Gasteiger partial charge in [-0.15, -0.1) is 0 Å². The summed E-state index contributed by atoms with van der Waals surface area (Å²) < 4.78 is 79.8. The van der Waals surface area contributed by atoms with E-state index < -0.39 is 36.0 Å². The topological polar surface area (TPSA) is 83.0 Å². The maximum atomic E-state index is 14.4. The van der Waals surface area contributed by atoms with Gasteiger partial charge in [-0.3, -0.25) is 0 Å². The minimum absolute atomic E-state index is 0.00233. The Labute approximate surface area is 169 Å². The van der Waals surface area contributed by atoms with E-state index in [-0.39, 0.29) is 61.9 Å². The molecule has 0 spiro atoms. The first-order chi connectivity index (χ1) is 14.0. The zero-order valence-corrected chi connectivity index (χ0v) is 16.2. The summed E-state index contributed by atoms with van der Waals surface area (Å²) in [5.41, 5.74) is -0.00233. The number of aromatic nitrogens is 3. The maximum Gasteiger partial charge on any atom is 0.408 e. The molecular formula is C18H23F6N5O. The van der Waals surface area contributed by atoms with Gasteiger partial charge in [0.2, 0.25) is 17.8 Å². The Morgan fingerprint density at radius 3 is 2.43 bits per heavy atom. The molecule has 12 heteroatoms. The van der Waals surface area contributed by atoms with Gasteiger partial charge in [0.15, 0.2) is 5.82 Å². The van der Waals surface area contributed by atoms with Crippen LogP contribution in [0.4, 0.5) is 38.2 Å². The van der Waals surface area contributed by atoms with Crippen LogP contribution < -0.4 is 10.6 Å². The van der Waals surface area contributed by atoms with Crippen molar-refractivity contribution in [1.29, 1.82) is 0 Å². The van der Waals surface area contributed by atoms with Crippen molar-refractivity contribution < 1.29 is 31.4 Å². The molecule has 0 amide bonds. The van der Waals surface area contributed by atoms with Gasteiger partial charge in [-0.05, 0) is 31.6 Å². The van der Waals surface area contributed by atoms with E-state index >= 15 is 0 Å². The second kappa shape index (κ2) is 8.56. The molecule has 1 aromatic heterocycles. The highest BCUT2D eigenvalue weighted by atomic mass is 19.4. The van der Waals surface area contributed by atoms with E-state index in [4.69, 9.17) is 0 Å². The predicted octanol–water partition coefficient (Wildman–Crippen LogP) is 4.31. The van der Waals surface area contributed by atoms with Crippen LogP contribution in [0.1, 0.15) is 51.3 Å². The van der Waals surface area contributed by atoms with Crippen LogP contribution in [0.25, 0.3) is 5.57 Å². The lowest BCUT2D eigenvalue weighted by Gasteiger charge is -2.34. The third kappa shape index (κ3) is 5.32. The average Bonchev–Trinajstić information content (AvgIpc) is 2.63. The summed E-state index contributed by atoms with van der Waals surface area (Å²) in [5.74, 6) is -4.62. The van der Waals surface area contributed by atoms with Crippen LogP contribution in [0.2, 0.25) is 0 Å². The third-order valence-electron chi connectivity index (χ3n) is 5.22. The molecular weight excluding hydrogens is 416 g/mol. The van der Waals surface area contributed by atoms with Gasteiger partial charge in [0.25, 0.3) is 0 Å². The summed E-state index contributed by atoms with van der Waals surface area (Å²) in [6.45, 7) is 1.43. The molecule has 0 saturated heterocycles. The normalized spacial score (nSPS) is 23.1. The molecule has 1 heterocycles. The van der Waals surface area contributed by atoms with E-state index in [1.54, 1.807) is 0 Å². The first kappa shape index (κ1) is 22.6. The van der Waals surface area contributed by atoms with Crippen molar-refractivity contribution >= 4 is 17.5 Å². The second-order valence-electron chi connectivity index (χ2n) is 7.70.